The van der Waals surface area contributed by atoms with E-state index in [0.29, 0.717) is 6.42 Å². The fraction of sp³-hybridized carbons (Fsp3) is 0.543. The standard InChI is InChI=1S/C35H46F2N6O7/c1-6-21(4)30(42-32(46)26(14-20(2)3)41-33(47)27-17-38-12-13-39-27)35(49)43-18-24(50-19-23-10-8-7-9-11-23)15-28(43)34(48)40-25(16-29(36)37)31(45)22(5)44/h7-13,17,20-21,24-26,28-30H,6,14-16,18-19H2,1-5H3,(H,40,48)(H,41,47)(H,42,46)/t21?,24-,25+,26+,28+,30+/m1/s1. The lowest BCUT2D eigenvalue weighted by Gasteiger charge is -2.33. The van der Waals surface area contributed by atoms with E-state index in [2.05, 4.69) is 25.9 Å². The van der Waals surface area contributed by atoms with Gasteiger partial charge in [-0.3, -0.25) is 33.8 Å². The van der Waals surface area contributed by atoms with Crippen molar-refractivity contribution in [1.29, 1.82) is 0 Å². The van der Waals surface area contributed by atoms with Crippen molar-refractivity contribution in [2.24, 2.45) is 11.8 Å². The van der Waals surface area contributed by atoms with Gasteiger partial charge in [0.05, 0.1) is 18.9 Å². The highest BCUT2D eigenvalue weighted by atomic mass is 19.3. The monoisotopic (exact) mass is 700 g/mol. The minimum absolute atomic E-state index is 0.00414. The molecule has 6 atom stereocenters. The van der Waals surface area contributed by atoms with Gasteiger partial charge in [-0.25, -0.2) is 13.8 Å². The first-order valence-electron chi connectivity index (χ1n) is 16.7. The number of carbonyl (C=O) groups is 6. The molecule has 4 amide bonds. The minimum Gasteiger partial charge on any atom is -0.372 e. The summed E-state index contributed by atoms with van der Waals surface area (Å²) in [5, 5.41) is 7.73. The summed E-state index contributed by atoms with van der Waals surface area (Å²) in [6, 6.07) is 3.92. The van der Waals surface area contributed by atoms with Crippen molar-refractivity contribution in [2.45, 2.75) is 104 Å². The average molecular weight is 701 g/mol. The molecule has 1 saturated heterocycles. The molecule has 1 aromatic carbocycles. The first kappa shape index (κ1) is 39.8. The Balaban J connectivity index is 1.89. The maximum Gasteiger partial charge on any atom is 0.272 e. The molecule has 0 spiro atoms. The lowest BCUT2D eigenvalue weighted by Crippen LogP contribution is -2.59. The van der Waals surface area contributed by atoms with Crippen LogP contribution >= 0.6 is 0 Å². The second-order valence-corrected chi connectivity index (χ2v) is 12.9. The van der Waals surface area contributed by atoms with Crippen LogP contribution in [0.3, 0.4) is 0 Å². The van der Waals surface area contributed by atoms with E-state index in [-0.39, 0.29) is 37.6 Å². The number of aromatic nitrogens is 2. The number of ketones is 2. The first-order chi connectivity index (χ1) is 23.7. The molecule has 15 heteroatoms. The third-order valence-corrected chi connectivity index (χ3v) is 8.47. The number of halogens is 2. The highest BCUT2D eigenvalue weighted by Crippen LogP contribution is 2.25. The minimum atomic E-state index is -3.00. The van der Waals surface area contributed by atoms with Crippen molar-refractivity contribution in [3.05, 3.63) is 60.2 Å². The number of ether oxygens (including phenoxy) is 1. The summed E-state index contributed by atoms with van der Waals surface area (Å²) in [5.41, 5.74) is 0.844. The number of hydrogen-bond donors (Lipinski definition) is 3. The lowest BCUT2D eigenvalue weighted by molar-refractivity contribution is -0.144. The number of alkyl halides is 2. The average Bonchev–Trinajstić information content (AvgIpc) is 3.53. The summed E-state index contributed by atoms with van der Waals surface area (Å²) in [5.74, 6) is -5.45. The van der Waals surface area contributed by atoms with Crippen molar-refractivity contribution in [3.8, 4) is 0 Å². The number of nitrogens with zero attached hydrogens (tertiary/aromatic N) is 3. The van der Waals surface area contributed by atoms with Crippen LogP contribution in [0.1, 0.15) is 76.4 Å². The van der Waals surface area contributed by atoms with Crippen LogP contribution < -0.4 is 16.0 Å². The van der Waals surface area contributed by atoms with Gasteiger partial charge in [0.2, 0.25) is 29.9 Å². The Kier molecular flexibility index (Phi) is 15.1. The van der Waals surface area contributed by atoms with Crippen molar-refractivity contribution in [3.63, 3.8) is 0 Å². The van der Waals surface area contributed by atoms with Crippen LogP contribution in [-0.4, -0.2) is 93.3 Å². The smallest absolute Gasteiger partial charge is 0.272 e. The Bertz CT molecular complexity index is 1480. The molecular weight excluding hydrogens is 654 g/mol. The molecule has 50 heavy (non-hydrogen) atoms. The van der Waals surface area contributed by atoms with Gasteiger partial charge in [-0.15, -0.1) is 0 Å². The van der Waals surface area contributed by atoms with Gasteiger partial charge in [0, 0.05) is 38.7 Å². The summed E-state index contributed by atoms with van der Waals surface area (Å²) in [4.78, 5) is 87.9. The van der Waals surface area contributed by atoms with E-state index >= 15 is 0 Å². The normalized spacial score (nSPS) is 18.2. The fourth-order valence-electron chi connectivity index (χ4n) is 5.59. The van der Waals surface area contributed by atoms with Gasteiger partial charge >= 0.3 is 0 Å². The van der Waals surface area contributed by atoms with Gasteiger partial charge in [0.15, 0.2) is 5.78 Å². The quantitative estimate of drug-likeness (QED) is 0.197. The summed E-state index contributed by atoms with van der Waals surface area (Å²) in [7, 11) is 0. The molecule has 1 aromatic heterocycles. The molecule has 3 rings (SSSR count). The van der Waals surface area contributed by atoms with Crippen molar-refractivity contribution in [2.75, 3.05) is 6.54 Å². The summed E-state index contributed by atoms with van der Waals surface area (Å²) in [6.07, 6.45) is -0.0945. The van der Waals surface area contributed by atoms with Crippen molar-refractivity contribution in [1.82, 2.24) is 30.8 Å². The Hall–Kier alpha value is -4.66. The first-order valence-corrected chi connectivity index (χ1v) is 16.7. The van der Waals surface area contributed by atoms with Gasteiger partial charge in [0.1, 0.15) is 29.9 Å². The molecule has 1 fully saturated rings. The molecule has 1 aliphatic heterocycles. The van der Waals surface area contributed by atoms with Crippen LogP contribution in [0.15, 0.2) is 48.9 Å². The zero-order chi connectivity index (χ0) is 37.0. The third-order valence-electron chi connectivity index (χ3n) is 8.47. The van der Waals surface area contributed by atoms with E-state index in [0.717, 1.165) is 12.5 Å². The summed E-state index contributed by atoms with van der Waals surface area (Å²) < 4.78 is 32.8. The van der Waals surface area contributed by atoms with Crippen molar-refractivity contribution < 1.29 is 42.3 Å². The number of hydrogen-bond acceptors (Lipinski definition) is 9. The topological polar surface area (TPSA) is 177 Å². The molecular formula is C35H46F2N6O7. The molecule has 272 valence electrons. The lowest BCUT2D eigenvalue weighted by atomic mass is 9.96. The second kappa shape index (κ2) is 18.9. The van der Waals surface area contributed by atoms with E-state index in [9.17, 15) is 37.5 Å². The predicted molar refractivity (Wildman–Crippen MR) is 178 cm³/mol. The van der Waals surface area contributed by atoms with Crippen LogP contribution in [0.25, 0.3) is 0 Å². The molecule has 0 bridgehead atoms. The second-order valence-electron chi connectivity index (χ2n) is 12.9. The number of nitrogens with one attached hydrogen (secondary N) is 3. The number of carbonyl (C=O) groups excluding carboxylic acids is 6. The number of Topliss-reactive ketones (excluding diaryl/α,β-unsaturated/α-hetero) is 2. The van der Waals surface area contributed by atoms with Crippen LogP contribution in [0.2, 0.25) is 0 Å². The van der Waals surface area contributed by atoms with Crippen LogP contribution in [-0.2, 0) is 35.3 Å². The molecule has 2 heterocycles. The van der Waals surface area contributed by atoms with Crippen LogP contribution in [0.4, 0.5) is 8.78 Å². The molecule has 1 aliphatic rings. The number of amides is 4. The molecule has 0 radical (unpaired) electrons. The molecule has 0 saturated carbocycles. The molecule has 1 unspecified atom stereocenters. The highest BCUT2D eigenvalue weighted by molar-refractivity contribution is 6.38. The van der Waals surface area contributed by atoms with Gasteiger partial charge in [0.25, 0.3) is 5.91 Å². The van der Waals surface area contributed by atoms with Gasteiger partial charge in [-0.1, -0.05) is 64.4 Å². The maximum absolute atomic E-state index is 14.3. The largest absolute Gasteiger partial charge is 0.372 e. The Morgan fingerprint density at radius 1 is 0.960 bits per heavy atom. The molecule has 2 aromatic rings. The summed E-state index contributed by atoms with van der Waals surface area (Å²) >= 11 is 0. The zero-order valence-corrected chi connectivity index (χ0v) is 28.9. The fourth-order valence-corrected chi connectivity index (χ4v) is 5.59. The Morgan fingerprint density at radius 3 is 2.24 bits per heavy atom. The Morgan fingerprint density at radius 2 is 1.66 bits per heavy atom. The van der Waals surface area contributed by atoms with E-state index in [1.165, 1.54) is 23.5 Å². The summed E-state index contributed by atoms with van der Waals surface area (Å²) in [6.45, 7) is 8.31. The van der Waals surface area contributed by atoms with E-state index in [1.807, 2.05) is 51.1 Å². The van der Waals surface area contributed by atoms with E-state index in [1.54, 1.807) is 6.92 Å². The van der Waals surface area contributed by atoms with Gasteiger partial charge < -0.3 is 25.6 Å². The molecule has 3 N–H and O–H groups in total. The predicted octanol–water partition coefficient (Wildman–Crippen LogP) is 2.64. The highest BCUT2D eigenvalue weighted by Gasteiger charge is 2.45. The van der Waals surface area contributed by atoms with Crippen LogP contribution in [0.5, 0.6) is 0 Å². The molecule has 0 aliphatic carbocycles. The maximum atomic E-state index is 14.3. The number of rotatable bonds is 18. The third kappa shape index (κ3) is 11.5. The van der Waals surface area contributed by atoms with Gasteiger partial charge in [-0.05, 0) is 23.8 Å². The Labute approximate surface area is 290 Å². The number of benzene rings is 1. The van der Waals surface area contributed by atoms with Gasteiger partial charge in [-0.2, -0.15) is 0 Å². The van der Waals surface area contributed by atoms with E-state index < -0.39 is 84.2 Å². The zero-order valence-electron chi connectivity index (χ0n) is 28.9. The molecule has 13 nitrogen and oxygen atoms in total. The number of likely N-dealkylation sites (tertiary alicyclic amines) is 1. The van der Waals surface area contributed by atoms with Crippen LogP contribution in [0, 0.1) is 11.8 Å². The van der Waals surface area contributed by atoms with Crippen molar-refractivity contribution >= 4 is 35.2 Å². The van der Waals surface area contributed by atoms with E-state index in [4.69, 9.17) is 4.74 Å². The SMILES string of the molecule is CCC(C)[C@H](NC(=O)[C@H](CC(C)C)NC(=O)c1cnccn1)C(=O)N1C[C@H](OCc2ccccc2)C[C@H]1C(=O)N[C@@H](CC(F)F)C(=O)C(C)=O.